The number of halogens is 1. The quantitative estimate of drug-likeness (QED) is 0.900. The number of carbonyl (C=O) groups excluding carboxylic acids is 1. The molecule has 0 aliphatic heterocycles. The normalized spacial score (nSPS) is 23.7. The van der Waals surface area contributed by atoms with Crippen LogP contribution in [0, 0.1) is 11.8 Å². The highest BCUT2D eigenvalue weighted by Gasteiger charge is 2.30. The van der Waals surface area contributed by atoms with E-state index in [0.29, 0.717) is 0 Å². The number of nitrogens with one attached hydrogen (secondary N) is 1. The van der Waals surface area contributed by atoms with E-state index >= 15 is 0 Å². The molecule has 1 aliphatic carbocycles. The van der Waals surface area contributed by atoms with Gasteiger partial charge in [0.15, 0.2) is 0 Å². The first kappa shape index (κ1) is 13.6. The Labute approximate surface area is 116 Å². The second-order valence-corrected chi connectivity index (χ2v) is 5.66. The third kappa shape index (κ3) is 3.12. The Morgan fingerprint density at radius 3 is 2.78 bits per heavy atom. The third-order valence-corrected chi connectivity index (χ3v) is 4.30. The number of hydrogen-bond donors (Lipinski definition) is 2. The fraction of sp³-hybridized carbons (Fsp3) is 0.500. The molecule has 1 saturated carbocycles. The molecule has 1 aliphatic rings. The van der Waals surface area contributed by atoms with Gasteiger partial charge in [0.2, 0.25) is 5.91 Å². The number of aliphatic hydroxyl groups excluding tert-OH is 1. The standard InChI is InChI=1S/C14H18BrNO2/c15-12-7-3-4-8-13(12)16-14(18)11-6-2-1-5-10(11)9-17/h3-4,7-8,10-11,17H,1-2,5-6,9H2,(H,16,18). The molecule has 0 heterocycles. The summed E-state index contributed by atoms with van der Waals surface area (Å²) in [4.78, 5) is 12.2. The molecule has 2 atom stereocenters. The number of anilines is 1. The van der Waals surface area contributed by atoms with E-state index in [1.807, 2.05) is 24.3 Å². The summed E-state index contributed by atoms with van der Waals surface area (Å²) in [5.74, 6) is 0.0812. The molecule has 0 aromatic heterocycles. The van der Waals surface area contributed by atoms with Crippen LogP contribution in [0.15, 0.2) is 28.7 Å². The minimum atomic E-state index is -0.0594. The van der Waals surface area contributed by atoms with Crippen LogP contribution in [0.3, 0.4) is 0 Å². The Kier molecular flexibility index (Phi) is 4.78. The fourth-order valence-electron chi connectivity index (χ4n) is 2.56. The van der Waals surface area contributed by atoms with Gasteiger partial charge in [0.1, 0.15) is 0 Å². The second kappa shape index (κ2) is 6.34. The topological polar surface area (TPSA) is 49.3 Å². The maximum atomic E-state index is 12.2. The fourth-order valence-corrected chi connectivity index (χ4v) is 2.94. The smallest absolute Gasteiger partial charge is 0.227 e. The SMILES string of the molecule is O=C(Nc1ccccc1Br)C1CCCCC1CO. The van der Waals surface area contributed by atoms with Gasteiger partial charge in [0.25, 0.3) is 0 Å². The first-order valence-electron chi connectivity index (χ1n) is 6.38. The largest absolute Gasteiger partial charge is 0.396 e. The van der Waals surface area contributed by atoms with Crippen molar-refractivity contribution >= 4 is 27.5 Å². The van der Waals surface area contributed by atoms with E-state index in [1.165, 1.54) is 0 Å². The predicted octanol–water partition coefficient (Wildman–Crippen LogP) is 3.19. The average molecular weight is 312 g/mol. The highest BCUT2D eigenvalue weighted by molar-refractivity contribution is 9.10. The summed E-state index contributed by atoms with van der Waals surface area (Å²) < 4.78 is 0.884. The maximum absolute atomic E-state index is 12.2. The lowest BCUT2D eigenvalue weighted by Gasteiger charge is -2.29. The van der Waals surface area contributed by atoms with E-state index in [2.05, 4.69) is 21.2 Å². The summed E-state index contributed by atoms with van der Waals surface area (Å²) in [5.41, 5.74) is 0.796. The molecule has 0 saturated heterocycles. The van der Waals surface area contributed by atoms with Gasteiger partial charge in [-0.15, -0.1) is 0 Å². The van der Waals surface area contributed by atoms with Crippen molar-refractivity contribution in [3.8, 4) is 0 Å². The van der Waals surface area contributed by atoms with Gasteiger partial charge in [-0.25, -0.2) is 0 Å². The van der Waals surface area contributed by atoms with Gasteiger partial charge < -0.3 is 10.4 Å². The first-order chi connectivity index (χ1) is 8.72. The number of amides is 1. The number of benzene rings is 1. The Morgan fingerprint density at radius 1 is 1.33 bits per heavy atom. The third-order valence-electron chi connectivity index (χ3n) is 3.61. The van der Waals surface area contributed by atoms with Crippen molar-refractivity contribution in [3.63, 3.8) is 0 Å². The molecule has 4 heteroatoms. The second-order valence-electron chi connectivity index (χ2n) is 4.80. The zero-order valence-corrected chi connectivity index (χ0v) is 11.8. The summed E-state index contributed by atoms with van der Waals surface area (Å²) in [5, 5.41) is 12.3. The maximum Gasteiger partial charge on any atom is 0.227 e. The van der Waals surface area contributed by atoms with Crippen LogP contribution in [-0.2, 0) is 4.79 Å². The number of carbonyl (C=O) groups is 1. The molecule has 2 rings (SSSR count). The molecule has 0 radical (unpaired) electrons. The van der Waals surface area contributed by atoms with Crippen LogP contribution in [-0.4, -0.2) is 17.6 Å². The van der Waals surface area contributed by atoms with Gasteiger partial charge >= 0.3 is 0 Å². The van der Waals surface area contributed by atoms with Gasteiger partial charge in [-0.05, 0) is 46.8 Å². The van der Waals surface area contributed by atoms with Crippen molar-refractivity contribution < 1.29 is 9.90 Å². The Hall–Kier alpha value is -0.870. The molecule has 1 aromatic carbocycles. The van der Waals surface area contributed by atoms with E-state index in [9.17, 15) is 9.90 Å². The van der Waals surface area contributed by atoms with Crippen molar-refractivity contribution in [1.82, 2.24) is 0 Å². The Balaban J connectivity index is 2.05. The van der Waals surface area contributed by atoms with E-state index in [4.69, 9.17) is 0 Å². The number of aliphatic hydroxyl groups is 1. The minimum absolute atomic E-state index is 0.0284. The van der Waals surface area contributed by atoms with Crippen LogP contribution in [0.4, 0.5) is 5.69 Å². The molecule has 0 bridgehead atoms. The molecule has 98 valence electrons. The average Bonchev–Trinajstić information content (AvgIpc) is 2.41. The Morgan fingerprint density at radius 2 is 2.06 bits per heavy atom. The van der Waals surface area contributed by atoms with Gasteiger partial charge in [0, 0.05) is 17.0 Å². The van der Waals surface area contributed by atoms with Crippen LogP contribution in [0.5, 0.6) is 0 Å². The van der Waals surface area contributed by atoms with Crippen LogP contribution in [0.25, 0.3) is 0 Å². The van der Waals surface area contributed by atoms with Crippen molar-refractivity contribution in [2.75, 3.05) is 11.9 Å². The predicted molar refractivity (Wildman–Crippen MR) is 75.3 cm³/mol. The summed E-state index contributed by atoms with van der Waals surface area (Å²) in [6.45, 7) is 0.105. The lowest BCUT2D eigenvalue weighted by molar-refractivity contribution is -0.123. The minimum Gasteiger partial charge on any atom is -0.396 e. The zero-order chi connectivity index (χ0) is 13.0. The number of rotatable bonds is 3. The zero-order valence-electron chi connectivity index (χ0n) is 10.2. The summed E-state index contributed by atoms with van der Waals surface area (Å²) in [7, 11) is 0. The number of para-hydroxylation sites is 1. The van der Waals surface area contributed by atoms with Crippen molar-refractivity contribution in [3.05, 3.63) is 28.7 Å². The molecule has 2 N–H and O–H groups in total. The van der Waals surface area contributed by atoms with Crippen molar-refractivity contribution in [1.29, 1.82) is 0 Å². The van der Waals surface area contributed by atoms with Gasteiger partial charge in [0.05, 0.1) is 5.69 Å². The van der Waals surface area contributed by atoms with Gasteiger partial charge in [-0.1, -0.05) is 25.0 Å². The molecule has 18 heavy (non-hydrogen) atoms. The van der Waals surface area contributed by atoms with Gasteiger partial charge in [-0.2, -0.15) is 0 Å². The van der Waals surface area contributed by atoms with E-state index in [0.717, 1.165) is 35.8 Å². The monoisotopic (exact) mass is 311 g/mol. The lowest BCUT2D eigenvalue weighted by atomic mass is 9.79. The highest BCUT2D eigenvalue weighted by atomic mass is 79.9. The van der Waals surface area contributed by atoms with Gasteiger partial charge in [-0.3, -0.25) is 4.79 Å². The van der Waals surface area contributed by atoms with Crippen LogP contribution in [0.2, 0.25) is 0 Å². The van der Waals surface area contributed by atoms with Crippen molar-refractivity contribution in [2.45, 2.75) is 25.7 Å². The summed E-state index contributed by atoms with van der Waals surface area (Å²) >= 11 is 3.42. The summed E-state index contributed by atoms with van der Waals surface area (Å²) in [6, 6.07) is 7.58. The lowest BCUT2D eigenvalue weighted by Crippen LogP contribution is -2.33. The molecule has 2 unspecified atom stereocenters. The molecule has 0 spiro atoms. The van der Waals surface area contributed by atoms with Crippen LogP contribution < -0.4 is 5.32 Å². The van der Waals surface area contributed by atoms with E-state index < -0.39 is 0 Å². The molecular weight excluding hydrogens is 294 g/mol. The highest BCUT2D eigenvalue weighted by Crippen LogP contribution is 2.31. The molecule has 1 aromatic rings. The molecule has 1 amide bonds. The number of hydrogen-bond acceptors (Lipinski definition) is 2. The van der Waals surface area contributed by atoms with Crippen molar-refractivity contribution in [2.24, 2.45) is 11.8 Å². The molecule has 1 fully saturated rings. The van der Waals surface area contributed by atoms with Crippen LogP contribution in [0.1, 0.15) is 25.7 Å². The first-order valence-corrected chi connectivity index (χ1v) is 7.18. The Bertz CT molecular complexity index is 422. The molecule has 3 nitrogen and oxygen atoms in total. The molecular formula is C14H18BrNO2. The van der Waals surface area contributed by atoms with Crippen LogP contribution >= 0.6 is 15.9 Å². The van der Waals surface area contributed by atoms with E-state index in [-0.39, 0.29) is 24.3 Å². The van der Waals surface area contributed by atoms with E-state index in [1.54, 1.807) is 0 Å². The summed E-state index contributed by atoms with van der Waals surface area (Å²) in [6.07, 6.45) is 4.01.